The van der Waals surface area contributed by atoms with Crippen LogP contribution in [0.5, 0.6) is 0 Å². The Morgan fingerprint density at radius 3 is 2.50 bits per heavy atom. The molecule has 0 bridgehead atoms. The summed E-state index contributed by atoms with van der Waals surface area (Å²) in [6.45, 7) is 0. The summed E-state index contributed by atoms with van der Waals surface area (Å²) in [6.07, 6.45) is 3.25. The third kappa shape index (κ3) is 0.636. The van der Waals surface area contributed by atoms with Crippen LogP contribution < -0.4 is 0 Å². The van der Waals surface area contributed by atoms with Gasteiger partial charge in [-0.05, 0) is 11.3 Å². The topological polar surface area (TPSA) is 0 Å². The molecule has 6 heavy (non-hydrogen) atoms. The molecule has 1 atom stereocenters. The quantitative estimate of drug-likeness (QED) is 0.411. The minimum Gasteiger partial charge on any atom is -0.147 e. The molecule has 0 aromatic heterocycles. The minimum atomic E-state index is 0.570. The molecule has 0 amide bonds. The Kier molecular flexibility index (Phi) is 1.25. The first-order valence-electron chi connectivity index (χ1n) is 1.84. The predicted molar refractivity (Wildman–Crippen MR) is 34.4 cm³/mol. The third-order valence-electron chi connectivity index (χ3n) is 0.855. The molecule has 0 fully saturated rings. The van der Waals surface area contributed by atoms with E-state index in [9.17, 15) is 0 Å². The number of allylic oxidation sites excluding steroid dienone is 2. The maximum Gasteiger partial charge on any atom is 0.0484 e. The van der Waals surface area contributed by atoms with Crippen molar-refractivity contribution < 1.29 is 0 Å². The van der Waals surface area contributed by atoms with Crippen molar-refractivity contribution in [2.75, 3.05) is 0 Å². The standard InChI is InChI=1S/C4H5BrS/c5-3-1-2-4(3)6/h2-3,6H,1H2/t3-/m1/s1. The highest BCUT2D eigenvalue weighted by molar-refractivity contribution is 9.09. The molecule has 0 heterocycles. The number of hydrogen-bond donors (Lipinski definition) is 1. The first kappa shape index (κ1) is 4.72. The van der Waals surface area contributed by atoms with Gasteiger partial charge in [-0.1, -0.05) is 22.0 Å². The number of alkyl halides is 1. The Morgan fingerprint density at radius 2 is 2.50 bits per heavy atom. The SMILES string of the molecule is SC1=CC[C@H]1Br. The van der Waals surface area contributed by atoms with Crippen LogP contribution in [0, 0.1) is 0 Å². The van der Waals surface area contributed by atoms with Gasteiger partial charge in [-0.15, -0.1) is 12.6 Å². The lowest BCUT2D eigenvalue weighted by atomic mass is 10.1. The number of hydrogen-bond acceptors (Lipinski definition) is 1. The van der Waals surface area contributed by atoms with Gasteiger partial charge in [-0.2, -0.15) is 0 Å². The van der Waals surface area contributed by atoms with Crippen LogP contribution in [-0.4, -0.2) is 4.83 Å². The summed E-state index contributed by atoms with van der Waals surface area (Å²) >= 11 is 7.47. The largest absolute Gasteiger partial charge is 0.147 e. The van der Waals surface area contributed by atoms with Crippen LogP contribution in [0.2, 0.25) is 0 Å². The molecule has 0 aromatic rings. The highest BCUT2D eigenvalue weighted by Crippen LogP contribution is 2.28. The molecule has 34 valence electrons. The van der Waals surface area contributed by atoms with E-state index in [1.807, 2.05) is 0 Å². The van der Waals surface area contributed by atoms with Crippen molar-refractivity contribution in [1.29, 1.82) is 0 Å². The van der Waals surface area contributed by atoms with Crippen LogP contribution in [-0.2, 0) is 0 Å². The van der Waals surface area contributed by atoms with Gasteiger partial charge in [-0.3, -0.25) is 0 Å². The van der Waals surface area contributed by atoms with Gasteiger partial charge in [0, 0.05) is 4.83 Å². The maximum absolute atomic E-state index is 4.09. The summed E-state index contributed by atoms with van der Waals surface area (Å²) in [5.41, 5.74) is 0. The van der Waals surface area contributed by atoms with Crippen LogP contribution >= 0.6 is 28.6 Å². The van der Waals surface area contributed by atoms with Gasteiger partial charge in [0.25, 0.3) is 0 Å². The molecule has 1 aliphatic rings. The van der Waals surface area contributed by atoms with Gasteiger partial charge >= 0.3 is 0 Å². The van der Waals surface area contributed by atoms with Crippen molar-refractivity contribution in [3.05, 3.63) is 11.0 Å². The molecule has 2 heteroatoms. The lowest BCUT2D eigenvalue weighted by molar-refractivity contribution is 0.982. The minimum absolute atomic E-state index is 0.570. The van der Waals surface area contributed by atoms with E-state index in [0.717, 1.165) is 6.42 Å². The van der Waals surface area contributed by atoms with E-state index in [-0.39, 0.29) is 0 Å². The van der Waals surface area contributed by atoms with Crippen LogP contribution in [0.25, 0.3) is 0 Å². The van der Waals surface area contributed by atoms with E-state index in [1.54, 1.807) is 0 Å². The molecule has 0 aliphatic heterocycles. The summed E-state index contributed by atoms with van der Waals surface area (Å²) in [4.78, 5) is 1.75. The lowest BCUT2D eigenvalue weighted by Gasteiger charge is -2.14. The van der Waals surface area contributed by atoms with Crippen molar-refractivity contribution in [3.8, 4) is 0 Å². The van der Waals surface area contributed by atoms with E-state index < -0.39 is 0 Å². The van der Waals surface area contributed by atoms with E-state index in [4.69, 9.17) is 0 Å². The number of rotatable bonds is 0. The summed E-state index contributed by atoms with van der Waals surface area (Å²) < 4.78 is 0. The van der Waals surface area contributed by atoms with Gasteiger partial charge in [0.15, 0.2) is 0 Å². The fourth-order valence-electron chi connectivity index (χ4n) is 0.312. The van der Waals surface area contributed by atoms with Crippen molar-refractivity contribution in [2.24, 2.45) is 0 Å². The molecule has 0 nitrogen and oxygen atoms in total. The lowest BCUT2D eigenvalue weighted by Crippen LogP contribution is -2.04. The van der Waals surface area contributed by atoms with E-state index >= 15 is 0 Å². The van der Waals surface area contributed by atoms with E-state index in [2.05, 4.69) is 34.6 Å². The maximum atomic E-state index is 4.09. The molecule has 0 N–H and O–H groups in total. The van der Waals surface area contributed by atoms with Crippen molar-refractivity contribution >= 4 is 28.6 Å². The molecule has 1 rings (SSSR count). The van der Waals surface area contributed by atoms with Gasteiger partial charge in [0.2, 0.25) is 0 Å². The zero-order valence-corrected chi connectivity index (χ0v) is 5.67. The molecule has 1 aliphatic carbocycles. The second kappa shape index (κ2) is 1.58. The average Bonchev–Trinajstić information content (AvgIpc) is 1.61. The van der Waals surface area contributed by atoms with Crippen LogP contribution in [0.3, 0.4) is 0 Å². The van der Waals surface area contributed by atoms with E-state index in [1.165, 1.54) is 4.91 Å². The number of halogens is 1. The van der Waals surface area contributed by atoms with Gasteiger partial charge in [0.1, 0.15) is 0 Å². The van der Waals surface area contributed by atoms with Crippen LogP contribution in [0.4, 0.5) is 0 Å². The van der Waals surface area contributed by atoms with Crippen molar-refractivity contribution in [2.45, 2.75) is 11.2 Å². The summed E-state index contributed by atoms with van der Waals surface area (Å²) in [5.74, 6) is 0. The smallest absolute Gasteiger partial charge is 0.0484 e. The third-order valence-corrected chi connectivity index (χ3v) is 2.57. The van der Waals surface area contributed by atoms with Gasteiger partial charge < -0.3 is 0 Å². The first-order chi connectivity index (χ1) is 2.80. The molecule has 0 spiro atoms. The Morgan fingerprint density at radius 1 is 2.00 bits per heavy atom. The number of thiol groups is 1. The molecular weight excluding hydrogens is 160 g/mol. The second-order valence-electron chi connectivity index (χ2n) is 1.33. The fraction of sp³-hybridized carbons (Fsp3) is 0.500. The summed E-state index contributed by atoms with van der Waals surface area (Å²) in [7, 11) is 0. The average molecular weight is 165 g/mol. The Balaban J connectivity index is 2.51. The normalized spacial score (nSPS) is 31.7. The molecule has 0 radical (unpaired) electrons. The predicted octanol–water partition coefficient (Wildman–Crippen LogP) is 1.97. The van der Waals surface area contributed by atoms with Gasteiger partial charge in [-0.25, -0.2) is 0 Å². The zero-order valence-electron chi connectivity index (χ0n) is 3.19. The van der Waals surface area contributed by atoms with E-state index in [0.29, 0.717) is 4.83 Å². The first-order valence-corrected chi connectivity index (χ1v) is 3.20. The molecule has 0 aromatic carbocycles. The zero-order chi connectivity index (χ0) is 4.57. The summed E-state index contributed by atoms with van der Waals surface area (Å²) in [6, 6.07) is 0. The monoisotopic (exact) mass is 164 g/mol. The van der Waals surface area contributed by atoms with Crippen molar-refractivity contribution in [3.63, 3.8) is 0 Å². The molecular formula is C4H5BrS. The highest BCUT2D eigenvalue weighted by Gasteiger charge is 2.12. The molecule has 0 unspecified atom stereocenters. The molecule has 0 saturated carbocycles. The highest BCUT2D eigenvalue weighted by atomic mass is 79.9. The summed E-state index contributed by atoms with van der Waals surface area (Å²) in [5, 5.41) is 0. The van der Waals surface area contributed by atoms with Gasteiger partial charge in [0.05, 0.1) is 0 Å². The molecule has 0 saturated heterocycles. The Hall–Kier alpha value is 0.570. The van der Waals surface area contributed by atoms with Crippen LogP contribution in [0.15, 0.2) is 11.0 Å². The second-order valence-corrected chi connectivity index (χ2v) is 2.95. The fourth-order valence-corrected chi connectivity index (χ4v) is 0.897. The van der Waals surface area contributed by atoms with Crippen molar-refractivity contribution in [1.82, 2.24) is 0 Å². The Labute approximate surface area is 51.2 Å². The van der Waals surface area contributed by atoms with Crippen LogP contribution in [0.1, 0.15) is 6.42 Å². The Bertz CT molecular complexity index is 87.5.